The van der Waals surface area contributed by atoms with Gasteiger partial charge in [-0.25, -0.2) is 8.42 Å². The maximum atomic E-state index is 11.5. The minimum absolute atomic E-state index is 0.0913. The van der Waals surface area contributed by atoms with Gasteiger partial charge < -0.3 is 5.73 Å². The Morgan fingerprint density at radius 3 is 2.32 bits per heavy atom. The van der Waals surface area contributed by atoms with Crippen molar-refractivity contribution in [1.82, 2.24) is 0 Å². The number of hydrogen-bond donors (Lipinski definition) is 1. The van der Waals surface area contributed by atoms with Crippen LogP contribution in [-0.4, -0.2) is 25.5 Å². The average molecular weight is 289 g/mol. The molecule has 2 N–H and O–H groups in total. The molecule has 1 rings (SSSR count). The fraction of sp³-hybridized carbons (Fsp3) is 1.00. The molecule has 0 spiro atoms. The Labute approximate surface area is 119 Å². The van der Waals surface area contributed by atoms with E-state index in [0.29, 0.717) is 5.75 Å². The van der Waals surface area contributed by atoms with Crippen LogP contribution in [0.4, 0.5) is 0 Å². The van der Waals surface area contributed by atoms with Crippen molar-refractivity contribution in [2.75, 3.05) is 11.5 Å². The standard InChI is InChI=1S/C15H31NO2S/c1-3-5-7-14-8-11-15(16,12-9-14)10-6-13-19(17,18)4-2/h14H,3-13,16H2,1-2H3. The molecule has 3 nitrogen and oxygen atoms in total. The van der Waals surface area contributed by atoms with Gasteiger partial charge in [0.25, 0.3) is 0 Å². The number of rotatable bonds is 8. The molecular formula is C15H31NO2S. The van der Waals surface area contributed by atoms with Crippen LogP contribution in [0.15, 0.2) is 0 Å². The Morgan fingerprint density at radius 1 is 1.16 bits per heavy atom. The molecule has 0 aromatic rings. The SMILES string of the molecule is CCCCC1CCC(N)(CCCS(=O)(=O)CC)CC1. The maximum absolute atomic E-state index is 11.5. The molecule has 4 heteroatoms. The van der Waals surface area contributed by atoms with Gasteiger partial charge in [0.05, 0.1) is 5.75 Å². The van der Waals surface area contributed by atoms with Crippen LogP contribution in [0.5, 0.6) is 0 Å². The highest BCUT2D eigenvalue weighted by molar-refractivity contribution is 7.91. The summed E-state index contributed by atoms with van der Waals surface area (Å²) in [5, 5.41) is 0. The molecule has 0 amide bonds. The highest BCUT2D eigenvalue weighted by atomic mass is 32.2. The molecule has 114 valence electrons. The summed E-state index contributed by atoms with van der Waals surface area (Å²) in [7, 11) is -2.83. The van der Waals surface area contributed by atoms with E-state index in [1.54, 1.807) is 6.92 Å². The van der Waals surface area contributed by atoms with Gasteiger partial charge in [0.1, 0.15) is 9.84 Å². The molecule has 0 aliphatic heterocycles. The van der Waals surface area contributed by atoms with E-state index in [1.165, 1.54) is 32.1 Å². The van der Waals surface area contributed by atoms with Gasteiger partial charge >= 0.3 is 0 Å². The Morgan fingerprint density at radius 2 is 1.79 bits per heavy atom. The third-order valence-electron chi connectivity index (χ3n) is 4.64. The average Bonchev–Trinajstić information content (AvgIpc) is 2.38. The van der Waals surface area contributed by atoms with Crippen molar-refractivity contribution >= 4 is 9.84 Å². The van der Waals surface area contributed by atoms with Crippen LogP contribution in [-0.2, 0) is 9.84 Å². The molecule has 0 heterocycles. The van der Waals surface area contributed by atoms with Gasteiger partial charge in [-0.1, -0.05) is 33.1 Å². The topological polar surface area (TPSA) is 60.2 Å². The van der Waals surface area contributed by atoms with Crippen LogP contribution in [0.1, 0.15) is 71.6 Å². The quantitative estimate of drug-likeness (QED) is 0.746. The Balaban J connectivity index is 2.28. The fourth-order valence-corrected chi connectivity index (χ4v) is 3.95. The number of nitrogens with two attached hydrogens (primary N) is 1. The molecule has 1 aliphatic carbocycles. The lowest BCUT2D eigenvalue weighted by Gasteiger charge is -2.37. The zero-order valence-corrected chi connectivity index (χ0v) is 13.5. The van der Waals surface area contributed by atoms with Gasteiger partial charge in [-0.05, 0) is 44.4 Å². The first kappa shape index (κ1) is 17.0. The summed E-state index contributed by atoms with van der Waals surface area (Å²) in [6.45, 7) is 3.96. The molecule has 0 saturated heterocycles. The monoisotopic (exact) mass is 289 g/mol. The molecule has 19 heavy (non-hydrogen) atoms. The molecule has 1 fully saturated rings. The minimum Gasteiger partial charge on any atom is -0.325 e. The summed E-state index contributed by atoms with van der Waals surface area (Å²) < 4.78 is 22.9. The minimum atomic E-state index is -2.83. The van der Waals surface area contributed by atoms with Crippen molar-refractivity contribution < 1.29 is 8.42 Å². The molecule has 0 bridgehead atoms. The second-order valence-electron chi connectivity index (χ2n) is 6.29. The third kappa shape index (κ3) is 6.26. The summed E-state index contributed by atoms with van der Waals surface area (Å²) in [6.07, 6.45) is 10.2. The van der Waals surface area contributed by atoms with Gasteiger partial charge in [-0.3, -0.25) is 0 Å². The van der Waals surface area contributed by atoms with Crippen molar-refractivity contribution in [3.8, 4) is 0 Å². The van der Waals surface area contributed by atoms with Crippen LogP contribution >= 0.6 is 0 Å². The normalized spacial score (nSPS) is 28.5. The fourth-order valence-electron chi connectivity index (χ4n) is 3.07. The van der Waals surface area contributed by atoms with E-state index >= 15 is 0 Å². The van der Waals surface area contributed by atoms with Crippen LogP contribution in [0.2, 0.25) is 0 Å². The molecule has 0 unspecified atom stereocenters. The van der Waals surface area contributed by atoms with Gasteiger partial charge in [-0.2, -0.15) is 0 Å². The number of unbranched alkanes of at least 4 members (excludes halogenated alkanes) is 1. The largest absolute Gasteiger partial charge is 0.325 e. The lowest BCUT2D eigenvalue weighted by Crippen LogP contribution is -2.43. The first-order valence-corrected chi connectivity index (χ1v) is 9.72. The summed E-state index contributed by atoms with van der Waals surface area (Å²) in [6, 6.07) is 0. The zero-order chi connectivity index (χ0) is 14.4. The Bertz CT molecular complexity index is 343. The number of hydrogen-bond acceptors (Lipinski definition) is 3. The summed E-state index contributed by atoms with van der Waals surface area (Å²) >= 11 is 0. The third-order valence-corrected chi connectivity index (χ3v) is 6.43. The predicted molar refractivity (Wildman–Crippen MR) is 82.0 cm³/mol. The van der Waals surface area contributed by atoms with Gasteiger partial charge in [0.2, 0.25) is 0 Å². The van der Waals surface area contributed by atoms with Crippen LogP contribution in [0, 0.1) is 5.92 Å². The zero-order valence-electron chi connectivity index (χ0n) is 12.7. The van der Waals surface area contributed by atoms with Gasteiger partial charge in [0.15, 0.2) is 0 Å². The summed E-state index contributed by atoms with van der Waals surface area (Å²) in [5.74, 6) is 1.42. The van der Waals surface area contributed by atoms with Crippen LogP contribution in [0.3, 0.4) is 0 Å². The number of sulfone groups is 1. The Kier molecular flexibility index (Phi) is 6.81. The van der Waals surface area contributed by atoms with Crippen molar-refractivity contribution in [1.29, 1.82) is 0 Å². The van der Waals surface area contributed by atoms with Gasteiger partial charge in [-0.15, -0.1) is 0 Å². The van der Waals surface area contributed by atoms with E-state index < -0.39 is 9.84 Å². The molecular weight excluding hydrogens is 258 g/mol. The highest BCUT2D eigenvalue weighted by Gasteiger charge is 2.31. The van der Waals surface area contributed by atoms with E-state index in [1.807, 2.05) is 0 Å². The predicted octanol–water partition coefficient (Wildman–Crippen LogP) is 3.28. The van der Waals surface area contributed by atoms with Crippen molar-refractivity contribution in [2.45, 2.75) is 77.2 Å². The Hall–Kier alpha value is -0.0900. The molecule has 1 aliphatic rings. The first-order chi connectivity index (χ1) is 8.91. The van der Waals surface area contributed by atoms with Gasteiger partial charge in [0, 0.05) is 11.3 Å². The van der Waals surface area contributed by atoms with Crippen molar-refractivity contribution in [3.63, 3.8) is 0 Å². The first-order valence-electron chi connectivity index (χ1n) is 7.90. The lowest BCUT2D eigenvalue weighted by atomic mass is 9.73. The lowest BCUT2D eigenvalue weighted by molar-refractivity contribution is 0.211. The highest BCUT2D eigenvalue weighted by Crippen LogP contribution is 2.35. The van der Waals surface area contributed by atoms with Crippen LogP contribution in [0.25, 0.3) is 0 Å². The summed E-state index contributed by atoms with van der Waals surface area (Å²) in [4.78, 5) is 0. The summed E-state index contributed by atoms with van der Waals surface area (Å²) in [5.41, 5.74) is 6.33. The second kappa shape index (κ2) is 7.63. The van der Waals surface area contributed by atoms with E-state index in [2.05, 4.69) is 6.92 Å². The molecule has 0 aromatic heterocycles. The van der Waals surface area contributed by atoms with Crippen LogP contribution < -0.4 is 5.73 Å². The molecule has 1 saturated carbocycles. The maximum Gasteiger partial charge on any atom is 0.150 e. The smallest absolute Gasteiger partial charge is 0.150 e. The molecule has 0 radical (unpaired) electrons. The van der Waals surface area contributed by atoms with E-state index in [9.17, 15) is 8.42 Å². The van der Waals surface area contributed by atoms with E-state index in [0.717, 1.165) is 31.6 Å². The van der Waals surface area contributed by atoms with E-state index in [-0.39, 0.29) is 11.3 Å². The molecule has 0 atom stereocenters. The van der Waals surface area contributed by atoms with E-state index in [4.69, 9.17) is 5.73 Å². The second-order valence-corrected chi connectivity index (χ2v) is 8.76. The molecule has 0 aromatic carbocycles. The van der Waals surface area contributed by atoms with Crippen molar-refractivity contribution in [2.24, 2.45) is 11.7 Å². The van der Waals surface area contributed by atoms with Crippen molar-refractivity contribution in [3.05, 3.63) is 0 Å².